The molecule has 0 bridgehead atoms. The number of carbonyl (C=O) groups is 1. The minimum Gasteiger partial charge on any atom is -0.481 e. The van der Waals surface area contributed by atoms with Crippen molar-refractivity contribution < 1.29 is 14.3 Å². The highest BCUT2D eigenvalue weighted by Gasteiger charge is 2.48. The van der Waals surface area contributed by atoms with E-state index in [0.29, 0.717) is 5.56 Å². The van der Waals surface area contributed by atoms with E-state index in [0.717, 1.165) is 24.0 Å². The van der Waals surface area contributed by atoms with Gasteiger partial charge in [-0.3, -0.25) is 4.79 Å². The molecule has 1 saturated carbocycles. The van der Waals surface area contributed by atoms with Crippen LogP contribution in [0.1, 0.15) is 36.0 Å². The van der Waals surface area contributed by atoms with E-state index in [1.165, 1.54) is 6.07 Å². The molecule has 0 atom stereocenters. The molecule has 1 N–H and O–H groups in total. The van der Waals surface area contributed by atoms with Gasteiger partial charge in [0.15, 0.2) is 0 Å². The summed E-state index contributed by atoms with van der Waals surface area (Å²) in [5.41, 5.74) is 1.93. The van der Waals surface area contributed by atoms with Crippen LogP contribution in [0.5, 0.6) is 0 Å². The number of benzene rings is 1. The summed E-state index contributed by atoms with van der Waals surface area (Å²) in [5, 5.41) is 8.86. The molecule has 0 aromatic heterocycles. The van der Waals surface area contributed by atoms with Crippen molar-refractivity contribution >= 4 is 5.97 Å². The van der Waals surface area contributed by atoms with Crippen LogP contribution in [0.4, 0.5) is 4.39 Å². The van der Waals surface area contributed by atoms with Crippen molar-refractivity contribution in [1.82, 2.24) is 0 Å². The summed E-state index contributed by atoms with van der Waals surface area (Å²) in [6.45, 7) is 3.70. The molecule has 1 aliphatic carbocycles. The number of hydrogen-bond donors (Lipinski definition) is 1. The average Bonchev–Trinajstić information content (AvgIpc) is 2.81. The fourth-order valence-electron chi connectivity index (χ4n) is 2.54. The quantitative estimate of drug-likeness (QED) is 0.853. The van der Waals surface area contributed by atoms with Gasteiger partial charge in [-0.05, 0) is 49.4 Å². The number of aryl methyl sites for hydroxylation is 2. The van der Waals surface area contributed by atoms with Crippen LogP contribution in [0.15, 0.2) is 12.1 Å². The lowest BCUT2D eigenvalue weighted by Gasteiger charge is -2.17. The van der Waals surface area contributed by atoms with Crippen molar-refractivity contribution in [2.45, 2.75) is 38.5 Å². The lowest BCUT2D eigenvalue weighted by atomic mass is 9.87. The molecule has 0 radical (unpaired) electrons. The Bertz CT molecular complexity index is 424. The summed E-state index contributed by atoms with van der Waals surface area (Å²) >= 11 is 0. The van der Waals surface area contributed by atoms with E-state index in [2.05, 4.69) is 0 Å². The molecule has 1 aromatic carbocycles. The first kappa shape index (κ1) is 11.1. The van der Waals surface area contributed by atoms with Crippen molar-refractivity contribution in [3.8, 4) is 0 Å². The van der Waals surface area contributed by atoms with Gasteiger partial charge in [0.25, 0.3) is 0 Å². The number of aliphatic carboxylic acids is 1. The van der Waals surface area contributed by atoms with Crippen LogP contribution >= 0.6 is 0 Å². The Kier molecular flexibility index (Phi) is 2.49. The minimum atomic E-state index is -0.850. The summed E-state index contributed by atoms with van der Waals surface area (Å²) in [5.74, 6) is -1.10. The van der Waals surface area contributed by atoms with Gasteiger partial charge in [0, 0.05) is 5.41 Å². The molecular formula is C13H15FO2. The third-order valence-electron chi connectivity index (χ3n) is 3.31. The summed E-state index contributed by atoms with van der Waals surface area (Å²) < 4.78 is 13.9. The Labute approximate surface area is 94.1 Å². The van der Waals surface area contributed by atoms with E-state index >= 15 is 0 Å². The second-order valence-electron chi connectivity index (χ2n) is 4.79. The third-order valence-corrected chi connectivity index (χ3v) is 3.31. The van der Waals surface area contributed by atoms with E-state index < -0.39 is 11.4 Å². The molecular weight excluding hydrogens is 207 g/mol. The first-order valence-electron chi connectivity index (χ1n) is 5.44. The standard InChI is InChI=1S/C13H15FO2/c1-8-5-9(2)12(10(14)6-8)13(3-4-13)7-11(15)16/h5-6H,3-4,7H2,1-2H3,(H,15,16). The topological polar surface area (TPSA) is 37.3 Å². The predicted molar refractivity (Wildman–Crippen MR) is 59.0 cm³/mol. The third kappa shape index (κ3) is 1.82. The smallest absolute Gasteiger partial charge is 0.304 e. The molecule has 1 fully saturated rings. The first-order chi connectivity index (χ1) is 7.44. The molecule has 0 amide bonds. The summed E-state index contributed by atoms with van der Waals surface area (Å²) in [4.78, 5) is 10.8. The van der Waals surface area contributed by atoms with Gasteiger partial charge in [-0.2, -0.15) is 0 Å². The fourth-order valence-corrected chi connectivity index (χ4v) is 2.54. The lowest BCUT2D eigenvalue weighted by molar-refractivity contribution is -0.137. The maximum Gasteiger partial charge on any atom is 0.304 e. The lowest BCUT2D eigenvalue weighted by Crippen LogP contribution is -2.16. The van der Waals surface area contributed by atoms with E-state index in [1.54, 1.807) is 0 Å². The van der Waals surface area contributed by atoms with Gasteiger partial charge in [0.2, 0.25) is 0 Å². The van der Waals surface area contributed by atoms with Crippen molar-refractivity contribution in [1.29, 1.82) is 0 Å². The molecule has 86 valence electrons. The molecule has 0 unspecified atom stereocenters. The SMILES string of the molecule is Cc1cc(C)c(C2(CC(=O)O)CC2)c(F)c1. The monoisotopic (exact) mass is 222 g/mol. The summed E-state index contributed by atoms with van der Waals surface area (Å²) in [6.07, 6.45) is 1.59. The summed E-state index contributed by atoms with van der Waals surface area (Å²) in [6, 6.07) is 3.41. The Morgan fingerprint density at radius 3 is 2.50 bits per heavy atom. The van der Waals surface area contributed by atoms with E-state index in [-0.39, 0.29) is 12.2 Å². The van der Waals surface area contributed by atoms with Gasteiger partial charge in [-0.25, -0.2) is 4.39 Å². The Morgan fingerprint density at radius 2 is 2.06 bits per heavy atom. The molecule has 1 aromatic rings. The van der Waals surface area contributed by atoms with E-state index in [9.17, 15) is 9.18 Å². The Morgan fingerprint density at radius 1 is 1.44 bits per heavy atom. The molecule has 2 rings (SSSR count). The highest BCUT2D eigenvalue weighted by atomic mass is 19.1. The first-order valence-corrected chi connectivity index (χ1v) is 5.44. The van der Waals surface area contributed by atoms with Gasteiger partial charge in [-0.1, -0.05) is 6.07 Å². The molecule has 3 heteroatoms. The van der Waals surface area contributed by atoms with Crippen molar-refractivity contribution in [2.75, 3.05) is 0 Å². The molecule has 2 nitrogen and oxygen atoms in total. The zero-order valence-electron chi connectivity index (χ0n) is 9.51. The van der Waals surface area contributed by atoms with Gasteiger partial charge in [-0.15, -0.1) is 0 Å². The number of halogens is 1. The number of rotatable bonds is 3. The van der Waals surface area contributed by atoms with Gasteiger partial charge in [0.1, 0.15) is 5.82 Å². The molecule has 1 aliphatic rings. The number of carboxylic acid groups (broad SMARTS) is 1. The van der Waals surface area contributed by atoms with Crippen LogP contribution in [-0.2, 0) is 10.2 Å². The van der Waals surface area contributed by atoms with Crippen LogP contribution in [0.2, 0.25) is 0 Å². The second-order valence-corrected chi connectivity index (χ2v) is 4.79. The van der Waals surface area contributed by atoms with Crippen molar-refractivity contribution in [3.05, 3.63) is 34.6 Å². The fraction of sp³-hybridized carbons (Fsp3) is 0.462. The highest BCUT2D eigenvalue weighted by Crippen LogP contribution is 2.52. The largest absolute Gasteiger partial charge is 0.481 e. The zero-order chi connectivity index (χ0) is 11.9. The normalized spacial score (nSPS) is 17.2. The van der Waals surface area contributed by atoms with Crippen molar-refractivity contribution in [2.24, 2.45) is 0 Å². The van der Waals surface area contributed by atoms with Gasteiger partial charge < -0.3 is 5.11 Å². The van der Waals surface area contributed by atoms with Crippen molar-refractivity contribution in [3.63, 3.8) is 0 Å². The Balaban J connectivity index is 2.44. The molecule has 16 heavy (non-hydrogen) atoms. The van der Waals surface area contributed by atoms with Gasteiger partial charge >= 0.3 is 5.97 Å². The van der Waals surface area contributed by atoms with Crippen LogP contribution < -0.4 is 0 Å². The molecule has 0 spiro atoms. The van der Waals surface area contributed by atoms with Crippen LogP contribution in [0.3, 0.4) is 0 Å². The number of hydrogen-bond acceptors (Lipinski definition) is 1. The van der Waals surface area contributed by atoms with Gasteiger partial charge in [0.05, 0.1) is 6.42 Å². The Hall–Kier alpha value is -1.38. The highest BCUT2D eigenvalue weighted by molar-refractivity contribution is 5.70. The summed E-state index contributed by atoms with van der Waals surface area (Å²) in [7, 11) is 0. The zero-order valence-corrected chi connectivity index (χ0v) is 9.51. The number of carboxylic acids is 1. The second kappa shape index (κ2) is 3.58. The molecule has 0 aliphatic heterocycles. The van der Waals surface area contributed by atoms with Crippen LogP contribution in [-0.4, -0.2) is 11.1 Å². The maximum absolute atomic E-state index is 13.9. The van der Waals surface area contributed by atoms with E-state index in [4.69, 9.17) is 5.11 Å². The van der Waals surface area contributed by atoms with Crippen LogP contribution in [0, 0.1) is 19.7 Å². The maximum atomic E-state index is 13.9. The van der Waals surface area contributed by atoms with Crippen LogP contribution in [0.25, 0.3) is 0 Å². The average molecular weight is 222 g/mol. The van der Waals surface area contributed by atoms with E-state index in [1.807, 2.05) is 19.9 Å². The minimum absolute atomic E-state index is 0.0355. The predicted octanol–water partition coefficient (Wildman–Crippen LogP) is 2.95. The molecule has 0 heterocycles. The molecule has 0 saturated heterocycles.